The van der Waals surface area contributed by atoms with Gasteiger partial charge >= 0.3 is 0 Å². The first kappa shape index (κ1) is 10.8. The molecule has 1 aromatic carbocycles. The molecule has 0 aliphatic heterocycles. The third-order valence-corrected chi connectivity index (χ3v) is 1.90. The highest BCUT2D eigenvalue weighted by molar-refractivity contribution is 5.45. The quantitative estimate of drug-likeness (QED) is 0.666. The van der Waals surface area contributed by atoms with Gasteiger partial charge in [-0.25, -0.2) is 0 Å². The summed E-state index contributed by atoms with van der Waals surface area (Å²) < 4.78 is 5.27. The summed E-state index contributed by atoms with van der Waals surface area (Å²) >= 11 is 0. The summed E-state index contributed by atoms with van der Waals surface area (Å²) in [5.41, 5.74) is 5.68. The van der Waals surface area contributed by atoms with E-state index in [9.17, 15) is 10.2 Å². The maximum absolute atomic E-state index is 9.55. The molecule has 0 saturated carbocycles. The summed E-state index contributed by atoms with van der Waals surface area (Å²) in [6, 6.07) is 4.85. The lowest BCUT2D eigenvalue weighted by Gasteiger charge is -2.15. The van der Waals surface area contributed by atoms with E-state index >= 15 is 0 Å². The minimum atomic E-state index is -0.891. The molecule has 0 bridgehead atoms. The lowest BCUT2D eigenvalue weighted by Crippen LogP contribution is -2.13. The zero-order valence-electron chi connectivity index (χ0n) is 8.10. The third kappa shape index (κ3) is 2.16. The van der Waals surface area contributed by atoms with Gasteiger partial charge in [0.15, 0.2) is 0 Å². The molecule has 78 valence electrons. The SMILES string of the molecule is CCOc1cccc(O)c1C(O)CN. The van der Waals surface area contributed by atoms with E-state index in [0.717, 1.165) is 0 Å². The standard InChI is InChI=1S/C10H15NO3/c1-2-14-9-5-3-4-7(12)10(9)8(13)6-11/h3-5,8,12-13H,2,6,11H2,1H3. The molecule has 0 aliphatic rings. The zero-order chi connectivity index (χ0) is 10.6. The van der Waals surface area contributed by atoms with E-state index in [1.165, 1.54) is 6.07 Å². The first-order valence-corrected chi connectivity index (χ1v) is 4.53. The van der Waals surface area contributed by atoms with E-state index in [4.69, 9.17) is 10.5 Å². The van der Waals surface area contributed by atoms with Crippen LogP contribution in [0.2, 0.25) is 0 Å². The molecule has 1 unspecified atom stereocenters. The van der Waals surface area contributed by atoms with Crippen LogP contribution in [0.1, 0.15) is 18.6 Å². The minimum Gasteiger partial charge on any atom is -0.507 e. The van der Waals surface area contributed by atoms with Crippen molar-refractivity contribution in [2.75, 3.05) is 13.2 Å². The van der Waals surface area contributed by atoms with Crippen LogP contribution in [0.15, 0.2) is 18.2 Å². The highest BCUT2D eigenvalue weighted by Crippen LogP contribution is 2.32. The Kier molecular flexibility index (Phi) is 3.73. The Hall–Kier alpha value is -1.26. The average Bonchev–Trinajstić information content (AvgIpc) is 2.18. The molecule has 0 saturated heterocycles. The Morgan fingerprint density at radius 3 is 2.79 bits per heavy atom. The van der Waals surface area contributed by atoms with Crippen LogP contribution in [-0.2, 0) is 0 Å². The summed E-state index contributed by atoms with van der Waals surface area (Å²) in [5, 5.41) is 19.1. The Balaban J connectivity index is 3.08. The topological polar surface area (TPSA) is 75.7 Å². The Bertz CT molecular complexity index is 301. The zero-order valence-corrected chi connectivity index (χ0v) is 8.10. The van der Waals surface area contributed by atoms with Crippen LogP contribution < -0.4 is 10.5 Å². The van der Waals surface area contributed by atoms with Crippen molar-refractivity contribution in [3.05, 3.63) is 23.8 Å². The van der Waals surface area contributed by atoms with Crippen LogP contribution in [0, 0.1) is 0 Å². The number of ether oxygens (including phenoxy) is 1. The number of phenols is 1. The number of phenolic OH excluding ortho intramolecular Hbond substituents is 1. The van der Waals surface area contributed by atoms with E-state index in [-0.39, 0.29) is 12.3 Å². The molecule has 4 N–H and O–H groups in total. The predicted molar refractivity (Wildman–Crippen MR) is 53.3 cm³/mol. The number of hydrogen-bond donors (Lipinski definition) is 3. The molecule has 0 amide bonds. The lowest BCUT2D eigenvalue weighted by atomic mass is 10.1. The number of aliphatic hydroxyl groups is 1. The van der Waals surface area contributed by atoms with Gasteiger partial charge in [-0.1, -0.05) is 6.07 Å². The van der Waals surface area contributed by atoms with Crippen LogP contribution in [0.25, 0.3) is 0 Å². The highest BCUT2D eigenvalue weighted by atomic mass is 16.5. The van der Waals surface area contributed by atoms with Gasteiger partial charge in [-0.15, -0.1) is 0 Å². The van der Waals surface area contributed by atoms with Crippen molar-refractivity contribution in [2.45, 2.75) is 13.0 Å². The molecule has 0 spiro atoms. The van der Waals surface area contributed by atoms with E-state index in [1.54, 1.807) is 12.1 Å². The minimum absolute atomic E-state index is 0.00824. The average molecular weight is 197 g/mol. The molecule has 0 heterocycles. The molecular formula is C10H15NO3. The fourth-order valence-electron chi connectivity index (χ4n) is 1.27. The van der Waals surface area contributed by atoms with Crippen LogP contribution in [0.4, 0.5) is 0 Å². The van der Waals surface area contributed by atoms with Gasteiger partial charge < -0.3 is 20.7 Å². The van der Waals surface area contributed by atoms with E-state index in [0.29, 0.717) is 17.9 Å². The maximum atomic E-state index is 9.55. The van der Waals surface area contributed by atoms with E-state index in [2.05, 4.69) is 0 Å². The van der Waals surface area contributed by atoms with Crippen LogP contribution in [0.5, 0.6) is 11.5 Å². The van der Waals surface area contributed by atoms with Crippen molar-refractivity contribution in [1.29, 1.82) is 0 Å². The predicted octanol–water partition coefficient (Wildman–Crippen LogP) is 0.783. The smallest absolute Gasteiger partial charge is 0.128 e. The number of aliphatic hydroxyl groups excluding tert-OH is 1. The van der Waals surface area contributed by atoms with E-state index in [1.807, 2.05) is 6.92 Å². The van der Waals surface area contributed by atoms with Gasteiger partial charge in [0.25, 0.3) is 0 Å². The second-order valence-corrected chi connectivity index (χ2v) is 2.87. The molecule has 0 fully saturated rings. The molecular weight excluding hydrogens is 182 g/mol. The van der Waals surface area contributed by atoms with Gasteiger partial charge in [0, 0.05) is 6.54 Å². The number of aromatic hydroxyl groups is 1. The van der Waals surface area contributed by atoms with Crippen LogP contribution in [-0.4, -0.2) is 23.4 Å². The molecule has 4 nitrogen and oxygen atoms in total. The Morgan fingerprint density at radius 1 is 1.50 bits per heavy atom. The summed E-state index contributed by atoms with van der Waals surface area (Å²) in [6.07, 6.45) is -0.891. The normalized spacial score (nSPS) is 12.5. The number of hydrogen-bond acceptors (Lipinski definition) is 4. The van der Waals surface area contributed by atoms with Crippen molar-refractivity contribution < 1.29 is 14.9 Å². The van der Waals surface area contributed by atoms with Crippen molar-refractivity contribution in [1.82, 2.24) is 0 Å². The summed E-state index contributed by atoms with van der Waals surface area (Å²) in [4.78, 5) is 0. The molecule has 1 rings (SSSR count). The van der Waals surface area contributed by atoms with E-state index < -0.39 is 6.10 Å². The van der Waals surface area contributed by atoms with Gasteiger partial charge in [-0.2, -0.15) is 0 Å². The van der Waals surface area contributed by atoms with Crippen molar-refractivity contribution in [2.24, 2.45) is 5.73 Å². The van der Waals surface area contributed by atoms with Gasteiger partial charge in [-0.3, -0.25) is 0 Å². The molecule has 4 heteroatoms. The first-order chi connectivity index (χ1) is 6.70. The molecule has 14 heavy (non-hydrogen) atoms. The molecule has 1 aromatic rings. The van der Waals surface area contributed by atoms with Crippen molar-refractivity contribution >= 4 is 0 Å². The van der Waals surface area contributed by atoms with Crippen molar-refractivity contribution in [3.8, 4) is 11.5 Å². The maximum Gasteiger partial charge on any atom is 0.128 e. The van der Waals surface area contributed by atoms with Gasteiger partial charge in [-0.05, 0) is 19.1 Å². The van der Waals surface area contributed by atoms with Gasteiger partial charge in [0.1, 0.15) is 11.5 Å². The van der Waals surface area contributed by atoms with Crippen LogP contribution in [0.3, 0.4) is 0 Å². The monoisotopic (exact) mass is 197 g/mol. The van der Waals surface area contributed by atoms with Gasteiger partial charge in [0.2, 0.25) is 0 Å². The molecule has 1 atom stereocenters. The fraction of sp³-hybridized carbons (Fsp3) is 0.400. The summed E-state index contributed by atoms with van der Waals surface area (Å²) in [7, 11) is 0. The third-order valence-electron chi connectivity index (χ3n) is 1.90. The second kappa shape index (κ2) is 4.83. The molecule has 0 radical (unpaired) electrons. The lowest BCUT2D eigenvalue weighted by molar-refractivity contribution is 0.176. The molecule has 0 aromatic heterocycles. The van der Waals surface area contributed by atoms with Crippen LogP contribution >= 0.6 is 0 Å². The number of benzene rings is 1. The Labute approximate surface area is 82.9 Å². The van der Waals surface area contributed by atoms with Crippen molar-refractivity contribution in [3.63, 3.8) is 0 Å². The number of nitrogens with two attached hydrogens (primary N) is 1. The summed E-state index contributed by atoms with van der Waals surface area (Å²) in [5.74, 6) is 0.486. The fourth-order valence-corrected chi connectivity index (χ4v) is 1.27. The molecule has 0 aliphatic carbocycles. The Morgan fingerprint density at radius 2 is 2.21 bits per heavy atom. The number of rotatable bonds is 4. The highest BCUT2D eigenvalue weighted by Gasteiger charge is 2.16. The summed E-state index contributed by atoms with van der Waals surface area (Å²) in [6.45, 7) is 2.37. The first-order valence-electron chi connectivity index (χ1n) is 4.53. The second-order valence-electron chi connectivity index (χ2n) is 2.87. The largest absolute Gasteiger partial charge is 0.507 e. The van der Waals surface area contributed by atoms with Gasteiger partial charge in [0.05, 0.1) is 18.3 Å².